The van der Waals surface area contributed by atoms with Crippen LogP contribution in [0, 0.1) is 12.7 Å². The molecule has 0 amide bonds. The Hall–Kier alpha value is -2.22. The van der Waals surface area contributed by atoms with E-state index >= 15 is 0 Å². The van der Waals surface area contributed by atoms with Crippen molar-refractivity contribution in [2.75, 3.05) is 6.54 Å². The maximum Gasteiger partial charge on any atom is 0.266 e. The van der Waals surface area contributed by atoms with Crippen LogP contribution in [0.4, 0.5) is 4.39 Å². The van der Waals surface area contributed by atoms with Crippen molar-refractivity contribution in [1.29, 1.82) is 0 Å². The lowest BCUT2D eigenvalue weighted by molar-refractivity contribution is 0.477. The molecule has 0 aliphatic heterocycles. The lowest BCUT2D eigenvalue weighted by Gasteiger charge is -2.15. The molecule has 0 saturated heterocycles. The second-order valence-electron chi connectivity index (χ2n) is 6.83. The highest BCUT2D eigenvalue weighted by Gasteiger charge is 2.19. The van der Waals surface area contributed by atoms with Gasteiger partial charge in [0.05, 0.1) is 5.52 Å². The molecule has 2 aromatic heterocycles. The van der Waals surface area contributed by atoms with Gasteiger partial charge in [0.25, 0.3) is 5.56 Å². The van der Waals surface area contributed by atoms with Gasteiger partial charge in [-0.05, 0) is 59.7 Å². The number of aryl methyl sites for hydroxylation is 1. The normalized spacial score (nSPS) is 12.3. The summed E-state index contributed by atoms with van der Waals surface area (Å²) >= 11 is 1.34. The number of H-pyrrole nitrogens is 1. The monoisotopic (exact) mass is 462 g/mol. The Labute approximate surface area is 175 Å². The van der Waals surface area contributed by atoms with Crippen molar-refractivity contribution < 1.29 is 9.50 Å². The average molecular weight is 463 g/mol. The van der Waals surface area contributed by atoms with Crippen LogP contribution in [0.25, 0.3) is 32.1 Å². The van der Waals surface area contributed by atoms with Crippen molar-refractivity contribution in [2.24, 2.45) is 5.73 Å². The van der Waals surface area contributed by atoms with Crippen LogP contribution in [-0.4, -0.2) is 16.6 Å². The van der Waals surface area contributed by atoms with Crippen LogP contribution in [0.3, 0.4) is 0 Å². The van der Waals surface area contributed by atoms with Crippen LogP contribution in [-0.2, 0) is 0 Å². The third-order valence-corrected chi connectivity index (χ3v) is 5.97. The van der Waals surface area contributed by atoms with Gasteiger partial charge in [-0.1, -0.05) is 19.1 Å². The summed E-state index contributed by atoms with van der Waals surface area (Å²) in [5.74, 6) is -0.398. The zero-order chi connectivity index (χ0) is 19.3. The van der Waals surface area contributed by atoms with Crippen molar-refractivity contribution in [3.8, 4) is 16.9 Å². The summed E-state index contributed by atoms with van der Waals surface area (Å²) in [4.78, 5) is 15.3. The van der Waals surface area contributed by atoms with E-state index in [1.165, 1.54) is 17.4 Å². The van der Waals surface area contributed by atoms with Crippen molar-refractivity contribution in [2.45, 2.75) is 19.8 Å². The zero-order valence-corrected chi connectivity index (χ0v) is 17.9. The lowest BCUT2D eigenvalue weighted by atomic mass is 9.92. The highest BCUT2D eigenvalue weighted by Crippen LogP contribution is 2.41. The van der Waals surface area contributed by atoms with Crippen molar-refractivity contribution >= 4 is 49.3 Å². The molecule has 0 spiro atoms. The molecule has 2 heterocycles. The van der Waals surface area contributed by atoms with Gasteiger partial charge in [-0.3, -0.25) is 4.79 Å². The van der Waals surface area contributed by atoms with E-state index in [0.717, 1.165) is 16.3 Å². The van der Waals surface area contributed by atoms with Crippen molar-refractivity contribution in [1.82, 2.24) is 4.98 Å². The van der Waals surface area contributed by atoms with E-state index in [9.17, 15) is 14.3 Å². The fourth-order valence-electron chi connectivity index (χ4n) is 3.58. The fourth-order valence-corrected chi connectivity index (χ4v) is 4.38. The number of halogens is 2. The Morgan fingerprint density at radius 1 is 1.29 bits per heavy atom. The number of aromatic amines is 1. The minimum absolute atomic E-state index is 0. The number of thiophene rings is 1. The Morgan fingerprint density at radius 3 is 2.71 bits per heavy atom. The molecule has 0 unspecified atom stereocenters. The molecule has 0 bridgehead atoms. The van der Waals surface area contributed by atoms with Crippen LogP contribution in [0.5, 0.6) is 5.75 Å². The molecule has 4 N–H and O–H groups in total. The molecular weight excluding hydrogens is 443 g/mol. The number of nitrogens with one attached hydrogen (secondary N) is 1. The van der Waals surface area contributed by atoms with E-state index in [1.54, 1.807) is 18.2 Å². The molecule has 2 aromatic carbocycles. The summed E-state index contributed by atoms with van der Waals surface area (Å²) in [6, 6.07) is 8.39. The van der Waals surface area contributed by atoms with Gasteiger partial charge in [0, 0.05) is 16.3 Å². The summed E-state index contributed by atoms with van der Waals surface area (Å²) in [7, 11) is 0. The predicted molar refractivity (Wildman–Crippen MR) is 120 cm³/mol. The number of benzene rings is 2. The molecule has 4 nitrogen and oxygen atoms in total. The molecule has 0 radical (unpaired) electrons. The minimum Gasteiger partial charge on any atom is -0.507 e. The van der Waals surface area contributed by atoms with Gasteiger partial charge in [-0.15, -0.1) is 28.3 Å². The number of aromatic nitrogens is 1. The van der Waals surface area contributed by atoms with E-state index < -0.39 is 0 Å². The van der Waals surface area contributed by atoms with Gasteiger partial charge in [-0.25, -0.2) is 4.39 Å². The molecule has 0 aliphatic carbocycles. The first-order chi connectivity index (χ1) is 12.9. The lowest BCUT2D eigenvalue weighted by Crippen LogP contribution is -2.10. The number of hydrogen-bond acceptors (Lipinski definition) is 4. The van der Waals surface area contributed by atoms with Crippen molar-refractivity contribution in [3.63, 3.8) is 0 Å². The second kappa shape index (κ2) is 7.66. The van der Waals surface area contributed by atoms with Crippen LogP contribution >= 0.6 is 28.3 Å². The number of phenols is 1. The maximum absolute atomic E-state index is 14.7. The van der Waals surface area contributed by atoms with Gasteiger partial charge in [0.15, 0.2) is 0 Å². The van der Waals surface area contributed by atoms with E-state index in [2.05, 4.69) is 4.98 Å². The number of hydrogen-bond donors (Lipinski definition) is 3. The highest BCUT2D eigenvalue weighted by molar-refractivity contribution is 8.93. The molecule has 4 rings (SSSR count). The molecule has 0 aliphatic rings. The summed E-state index contributed by atoms with van der Waals surface area (Å²) in [6.45, 7) is 4.05. The van der Waals surface area contributed by atoms with Crippen LogP contribution in [0.1, 0.15) is 24.0 Å². The number of phenolic OH excluding ortho intramolecular Hbond substituents is 1. The molecular formula is C21H20BrFN2O2S. The molecule has 0 fully saturated rings. The Balaban J connectivity index is 0.00000225. The summed E-state index contributed by atoms with van der Waals surface area (Å²) in [5, 5.41) is 14.0. The van der Waals surface area contributed by atoms with Crippen LogP contribution < -0.4 is 11.3 Å². The third kappa shape index (κ3) is 3.13. The number of nitrogens with two attached hydrogens (primary N) is 1. The summed E-state index contributed by atoms with van der Waals surface area (Å²) < 4.78 is 15.3. The molecule has 1 atom stereocenters. The van der Waals surface area contributed by atoms with Gasteiger partial charge in [-0.2, -0.15) is 0 Å². The third-order valence-electron chi connectivity index (χ3n) is 5.06. The standard InChI is InChI=1S/C21H19FN2O2S.BrH/c1-10-7-16(25)17(12-3-4-13(11(2)9-23)15(22)8-12)18-14-5-6-27-20(14)21(26)24-19(10)18;/h3-8,11,25H,9,23H2,1-2H3,(H,24,26);1H/t11-;/m0./s1. The zero-order valence-electron chi connectivity index (χ0n) is 15.4. The van der Waals surface area contributed by atoms with Crippen molar-refractivity contribution in [3.05, 3.63) is 63.0 Å². The van der Waals surface area contributed by atoms with E-state index in [-0.39, 0.29) is 40.0 Å². The first kappa shape index (κ1) is 20.5. The SMILES string of the molecule is Br.Cc1cc(O)c(-c2ccc([C@@H](C)CN)c(F)c2)c2c1[nH]c(=O)c1sccc12. The smallest absolute Gasteiger partial charge is 0.266 e. The Bertz CT molecular complexity index is 1250. The first-order valence-electron chi connectivity index (χ1n) is 8.68. The number of fused-ring (bicyclic) bond motifs is 3. The number of aromatic hydroxyl groups is 1. The van der Waals surface area contributed by atoms with Gasteiger partial charge >= 0.3 is 0 Å². The maximum atomic E-state index is 14.7. The topological polar surface area (TPSA) is 79.1 Å². The van der Waals surface area contributed by atoms with Crippen LogP contribution in [0.2, 0.25) is 0 Å². The summed E-state index contributed by atoms with van der Waals surface area (Å²) in [6.07, 6.45) is 0. The van der Waals surface area contributed by atoms with E-state index in [0.29, 0.717) is 33.5 Å². The molecule has 7 heteroatoms. The minimum atomic E-state index is -0.357. The molecule has 28 heavy (non-hydrogen) atoms. The summed E-state index contributed by atoms with van der Waals surface area (Å²) in [5.41, 5.74) is 8.53. The average Bonchev–Trinajstić information content (AvgIpc) is 3.13. The quantitative estimate of drug-likeness (QED) is 0.391. The van der Waals surface area contributed by atoms with E-state index in [1.807, 2.05) is 25.3 Å². The molecule has 146 valence electrons. The van der Waals surface area contributed by atoms with Gasteiger partial charge in [0.2, 0.25) is 0 Å². The first-order valence-corrected chi connectivity index (χ1v) is 9.56. The van der Waals surface area contributed by atoms with Gasteiger partial charge < -0.3 is 15.8 Å². The highest BCUT2D eigenvalue weighted by atomic mass is 79.9. The van der Waals surface area contributed by atoms with E-state index in [4.69, 9.17) is 5.73 Å². The second-order valence-corrected chi connectivity index (χ2v) is 7.74. The number of pyridine rings is 1. The Kier molecular flexibility index (Phi) is 5.61. The van der Waals surface area contributed by atoms with Gasteiger partial charge in [0.1, 0.15) is 16.3 Å². The van der Waals surface area contributed by atoms with Crippen LogP contribution in [0.15, 0.2) is 40.5 Å². The fraction of sp³-hybridized carbons (Fsp3) is 0.190. The molecule has 4 aromatic rings. The molecule has 0 saturated carbocycles. The predicted octanol–water partition coefficient (Wildman–Crippen LogP) is 5.20. The Morgan fingerprint density at radius 2 is 2.04 bits per heavy atom. The number of rotatable bonds is 3. The largest absolute Gasteiger partial charge is 0.507 e.